The molecule has 3 heterocycles. The number of anilines is 2. The van der Waals surface area contributed by atoms with Crippen molar-refractivity contribution in [2.45, 2.75) is 0 Å². The van der Waals surface area contributed by atoms with Crippen molar-refractivity contribution in [3.8, 4) is 11.4 Å². The Balaban J connectivity index is 1.62. The summed E-state index contributed by atoms with van der Waals surface area (Å²) in [6.07, 6.45) is 0. The maximum atomic E-state index is 14.8. The molecule has 1 aliphatic rings. The molecule has 4 aromatic rings. The molecule has 5 rings (SSSR count). The van der Waals surface area contributed by atoms with E-state index in [9.17, 15) is 9.18 Å². The van der Waals surface area contributed by atoms with Crippen LogP contribution in [0.1, 0.15) is 0 Å². The van der Waals surface area contributed by atoms with E-state index in [4.69, 9.17) is 5.73 Å². The van der Waals surface area contributed by atoms with Crippen LogP contribution in [-0.2, 0) is 0 Å². The fourth-order valence-electron chi connectivity index (χ4n) is 3.93. The van der Waals surface area contributed by atoms with Gasteiger partial charge in [-0.25, -0.2) is 9.37 Å². The minimum absolute atomic E-state index is 0.265. The van der Waals surface area contributed by atoms with E-state index in [1.165, 1.54) is 6.07 Å². The predicted molar refractivity (Wildman–Crippen MR) is 114 cm³/mol. The zero-order valence-corrected chi connectivity index (χ0v) is 16.0. The van der Waals surface area contributed by atoms with E-state index >= 15 is 0 Å². The molecule has 0 aliphatic carbocycles. The van der Waals surface area contributed by atoms with Gasteiger partial charge >= 0.3 is 0 Å². The number of nitrogen functional groups attached to an aromatic ring is 1. The maximum absolute atomic E-state index is 14.8. The van der Waals surface area contributed by atoms with E-state index in [0.717, 1.165) is 31.6 Å². The maximum Gasteiger partial charge on any atom is 0.261 e. The van der Waals surface area contributed by atoms with Crippen molar-refractivity contribution < 1.29 is 4.39 Å². The first kappa shape index (κ1) is 17.7. The third kappa shape index (κ3) is 2.92. The monoisotopic (exact) mass is 392 g/mol. The summed E-state index contributed by atoms with van der Waals surface area (Å²) in [5, 5.41) is 0.742. The summed E-state index contributed by atoms with van der Waals surface area (Å²) >= 11 is 0. The Hall–Kier alpha value is -3.39. The average Bonchev–Trinajstić information content (AvgIpc) is 3.10. The molecule has 0 amide bonds. The zero-order valence-electron chi connectivity index (χ0n) is 16.0. The summed E-state index contributed by atoms with van der Waals surface area (Å²) in [6.45, 7) is 3.28. The molecule has 0 atom stereocenters. The average molecular weight is 392 g/mol. The highest BCUT2D eigenvalue weighted by Gasteiger charge is 2.20. The van der Waals surface area contributed by atoms with Gasteiger partial charge in [0.1, 0.15) is 17.2 Å². The first-order valence-corrected chi connectivity index (χ1v) is 9.55. The molecule has 7 nitrogen and oxygen atoms in total. The predicted octanol–water partition coefficient (Wildman–Crippen LogP) is 2.54. The molecule has 4 N–H and O–H groups in total. The summed E-state index contributed by atoms with van der Waals surface area (Å²) in [5.74, 6) is 0.0251. The number of piperazine rings is 1. The fraction of sp³-hybridized carbons (Fsp3) is 0.238. The molecule has 1 fully saturated rings. The van der Waals surface area contributed by atoms with Crippen LogP contribution in [0, 0.1) is 5.82 Å². The topological polar surface area (TPSA) is 94.0 Å². The highest BCUT2D eigenvalue weighted by atomic mass is 19.1. The van der Waals surface area contributed by atoms with Crippen LogP contribution in [0.2, 0.25) is 0 Å². The number of hydrogen-bond acceptors (Lipinski definition) is 5. The number of likely N-dealkylation sites (N-methyl/N-ethyl adjacent to an activating group) is 1. The van der Waals surface area contributed by atoms with Crippen LogP contribution in [-0.4, -0.2) is 53.1 Å². The number of pyridine rings is 1. The van der Waals surface area contributed by atoms with Crippen LogP contribution < -0.4 is 16.2 Å². The molecular weight excluding hydrogens is 371 g/mol. The van der Waals surface area contributed by atoms with Crippen LogP contribution in [0.25, 0.3) is 33.3 Å². The smallest absolute Gasteiger partial charge is 0.261 e. The summed E-state index contributed by atoms with van der Waals surface area (Å²) < 4.78 is 14.8. The highest BCUT2D eigenvalue weighted by molar-refractivity contribution is 5.97. The second kappa shape index (κ2) is 6.59. The summed E-state index contributed by atoms with van der Waals surface area (Å²) in [5.41, 5.74) is 8.90. The number of nitrogens with two attached hydrogens (primary N) is 1. The summed E-state index contributed by atoms with van der Waals surface area (Å²) in [7, 11) is 2.06. The van der Waals surface area contributed by atoms with Crippen LogP contribution >= 0.6 is 0 Å². The fourth-order valence-corrected chi connectivity index (χ4v) is 3.93. The van der Waals surface area contributed by atoms with E-state index in [1.54, 1.807) is 12.1 Å². The molecule has 0 radical (unpaired) electrons. The lowest BCUT2D eigenvalue weighted by Gasteiger charge is -2.34. The third-order valence-electron chi connectivity index (χ3n) is 5.59. The second-order valence-corrected chi connectivity index (χ2v) is 7.48. The second-order valence-electron chi connectivity index (χ2n) is 7.48. The van der Waals surface area contributed by atoms with Crippen LogP contribution in [0.5, 0.6) is 0 Å². The molecule has 2 aromatic heterocycles. The van der Waals surface area contributed by atoms with Crippen molar-refractivity contribution in [3.63, 3.8) is 0 Å². The van der Waals surface area contributed by atoms with E-state index in [0.29, 0.717) is 33.7 Å². The lowest BCUT2D eigenvalue weighted by molar-refractivity contribution is 0.312. The number of halogens is 1. The minimum Gasteiger partial charge on any atom is -0.397 e. The number of para-hydroxylation sites is 1. The van der Waals surface area contributed by atoms with Crippen molar-refractivity contribution >= 4 is 33.3 Å². The van der Waals surface area contributed by atoms with Gasteiger partial charge in [-0.2, -0.15) is 0 Å². The minimum atomic E-state index is -0.333. The van der Waals surface area contributed by atoms with E-state index in [2.05, 4.69) is 26.9 Å². The molecule has 148 valence electrons. The molecular formula is C21H21FN6O. The Morgan fingerprint density at radius 1 is 1.07 bits per heavy atom. The van der Waals surface area contributed by atoms with E-state index in [1.807, 2.05) is 23.1 Å². The lowest BCUT2D eigenvalue weighted by Crippen LogP contribution is -2.44. The van der Waals surface area contributed by atoms with Gasteiger partial charge < -0.3 is 25.5 Å². The molecule has 0 spiro atoms. The molecule has 0 bridgehead atoms. The number of aromatic amines is 2. The number of rotatable bonds is 2. The molecule has 0 unspecified atom stereocenters. The zero-order chi connectivity index (χ0) is 20.1. The number of fused-ring (bicyclic) bond motifs is 2. The Labute approximate surface area is 166 Å². The van der Waals surface area contributed by atoms with E-state index in [-0.39, 0.29) is 16.9 Å². The largest absolute Gasteiger partial charge is 0.397 e. The van der Waals surface area contributed by atoms with Gasteiger partial charge in [0.05, 0.1) is 27.9 Å². The molecule has 1 saturated heterocycles. The number of nitrogens with one attached hydrogen (secondary N) is 2. The van der Waals surface area contributed by atoms with Crippen molar-refractivity contribution in [3.05, 3.63) is 52.6 Å². The Kier molecular flexibility index (Phi) is 4.02. The quantitative estimate of drug-likeness (QED) is 0.487. The van der Waals surface area contributed by atoms with Crippen molar-refractivity contribution in [1.82, 2.24) is 19.9 Å². The number of aromatic nitrogens is 3. The van der Waals surface area contributed by atoms with Crippen molar-refractivity contribution in [2.75, 3.05) is 43.9 Å². The van der Waals surface area contributed by atoms with E-state index < -0.39 is 0 Å². The van der Waals surface area contributed by atoms with Crippen molar-refractivity contribution in [2.24, 2.45) is 0 Å². The van der Waals surface area contributed by atoms with Crippen molar-refractivity contribution in [1.29, 1.82) is 0 Å². The first-order valence-electron chi connectivity index (χ1n) is 9.55. The Morgan fingerprint density at radius 3 is 2.62 bits per heavy atom. The van der Waals surface area contributed by atoms with Gasteiger partial charge in [-0.3, -0.25) is 4.79 Å². The molecule has 8 heteroatoms. The van der Waals surface area contributed by atoms with Gasteiger partial charge in [-0.05, 0) is 19.2 Å². The van der Waals surface area contributed by atoms with Gasteiger partial charge in [-0.15, -0.1) is 0 Å². The SMILES string of the molecule is CN1CCN(c2cc3nc(-c4c(N)c5ccccc5[nH]c4=O)[nH]c3cc2F)CC1. The molecule has 2 aromatic carbocycles. The third-order valence-corrected chi connectivity index (χ3v) is 5.59. The van der Waals surface area contributed by atoms with Crippen LogP contribution in [0.3, 0.4) is 0 Å². The van der Waals surface area contributed by atoms with Gasteiger partial charge in [0.2, 0.25) is 0 Å². The normalized spacial score (nSPS) is 15.4. The lowest BCUT2D eigenvalue weighted by atomic mass is 10.1. The Morgan fingerprint density at radius 2 is 1.83 bits per heavy atom. The first-order chi connectivity index (χ1) is 14.0. The number of imidazole rings is 1. The van der Waals surface area contributed by atoms with Gasteiger partial charge in [0.15, 0.2) is 0 Å². The highest BCUT2D eigenvalue weighted by Crippen LogP contribution is 2.30. The van der Waals surface area contributed by atoms with Gasteiger partial charge in [-0.1, -0.05) is 18.2 Å². The summed E-state index contributed by atoms with van der Waals surface area (Å²) in [4.78, 5) is 27.4. The molecule has 1 aliphatic heterocycles. The number of benzene rings is 2. The van der Waals surface area contributed by atoms with Crippen LogP contribution in [0.4, 0.5) is 15.8 Å². The number of hydrogen-bond donors (Lipinski definition) is 3. The number of H-pyrrole nitrogens is 2. The molecule has 0 saturated carbocycles. The number of nitrogens with zero attached hydrogens (tertiary/aromatic N) is 3. The van der Waals surface area contributed by atoms with Gasteiger partial charge in [0.25, 0.3) is 5.56 Å². The van der Waals surface area contributed by atoms with Gasteiger partial charge in [0, 0.05) is 37.6 Å². The standard InChI is InChI=1S/C21H21FN6O/c1-27-6-8-28(9-7-27)17-11-16-15(10-13(17)22)24-20(25-16)18-19(23)12-4-2-3-5-14(12)26-21(18)29/h2-5,10-11H,6-9H2,1H3,(H,24,25)(H3,23,26,29). The Bertz CT molecular complexity index is 1290. The summed E-state index contributed by atoms with van der Waals surface area (Å²) in [6, 6.07) is 10.5. The molecule has 29 heavy (non-hydrogen) atoms. The van der Waals surface area contributed by atoms with Crippen LogP contribution in [0.15, 0.2) is 41.2 Å².